The van der Waals surface area contributed by atoms with Gasteiger partial charge in [0.2, 0.25) is 0 Å². The molecule has 0 aliphatic heterocycles. The van der Waals surface area contributed by atoms with Crippen molar-refractivity contribution >= 4 is 39.7 Å². The minimum Gasteiger partial charge on any atom is -0.361 e. The van der Waals surface area contributed by atoms with Gasteiger partial charge in [0.05, 0.1) is 0 Å². The summed E-state index contributed by atoms with van der Waals surface area (Å²) >= 11 is 7.91. The number of hydrogen-bond donors (Lipinski definition) is 2. The van der Waals surface area contributed by atoms with E-state index >= 15 is 0 Å². The van der Waals surface area contributed by atoms with Crippen molar-refractivity contribution < 1.29 is 4.79 Å². The number of aromatic nitrogens is 1. The van der Waals surface area contributed by atoms with Crippen molar-refractivity contribution in [2.24, 2.45) is 0 Å². The minimum atomic E-state index is -0.0343. The summed E-state index contributed by atoms with van der Waals surface area (Å²) in [6.45, 7) is 0.584. The maximum atomic E-state index is 12.4. The van der Waals surface area contributed by atoms with E-state index in [-0.39, 0.29) is 5.91 Å². The number of fused-ring (bicyclic) bond motifs is 1. The van der Waals surface area contributed by atoms with E-state index in [9.17, 15) is 4.79 Å². The molecular formula is C24H23ClN2OS. The van der Waals surface area contributed by atoms with E-state index < -0.39 is 0 Å². The summed E-state index contributed by atoms with van der Waals surface area (Å²) in [5.41, 5.74) is 4.19. The van der Waals surface area contributed by atoms with E-state index in [1.165, 1.54) is 10.4 Å². The van der Waals surface area contributed by atoms with Gasteiger partial charge in [-0.15, -0.1) is 11.3 Å². The van der Waals surface area contributed by atoms with E-state index in [0.717, 1.165) is 47.2 Å². The quantitative estimate of drug-likeness (QED) is 0.357. The first-order chi connectivity index (χ1) is 14.2. The largest absolute Gasteiger partial charge is 0.361 e. The third kappa shape index (κ3) is 5.08. The van der Waals surface area contributed by atoms with Crippen LogP contribution in [-0.2, 0) is 19.3 Å². The second-order valence-corrected chi connectivity index (χ2v) is 8.61. The molecule has 0 atom stereocenters. The number of halogens is 1. The Bertz CT molecular complexity index is 1080. The fraction of sp³-hybridized carbons (Fsp3) is 0.208. The van der Waals surface area contributed by atoms with Crippen molar-refractivity contribution in [1.82, 2.24) is 10.3 Å². The number of hydrogen-bond acceptors (Lipinski definition) is 2. The van der Waals surface area contributed by atoms with Crippen molar-refractivity contribution in [3.05, 3.63) is 92.8 Å². The number of carbonyl (C=O) groups excluding carboxylic acids is 1. The second-order valence-electron chi connectivity index (χ2n) is 7.14. The molecule has 0 bridgehead atoms. The summed E-state index contributed by atoms with van der Waals surface area (Å²) in [5, 5.41) is 6.96. The molecule has 0 aliphatic carbocycles. The number of aromatic amines is 1. The third-order valence-corrected chi connectivity index (χ3v) is 6.27. The van der Waals surface area contributed by atoms with Gasteiger partial charge in [-0.3, -0.25) is 4.79 Å². The Balaban J connectivity index is 1.26. The molecule has 1 amide bonds. The lowest BCUT2D eigenvalue weighted by Crippen LogP contribution is -2.25. The highest BCUT2D eigenvalue weighted by molar-refractivity contribution is 7.09. The lowest BCUT2D eigenvalue weighted by molar-refractivity contribution is 0.0954. The first-order valence-electron chi connectivity index (χ1n) is 9.84. The van der Waals surface area contributed by atoms with Gasteiger partial charge in [-0.1, -0.05) is 29.8 Å². The highest BCUT2D eigenvalue weighted by Crippen LogP contribution is 2.22. The van der Waals surface area contributed by atoms with Crippen LogP contribution in [0.15, 0.2) is 66.2 Å². The Hall–Kier alpha value is -2.56. The maximum absolute atomic E-state index is 12.4. The van der Waals surface area contributed by atoms with Gasteiger partial charge in [0.1, 0.15) is 0 Å². The Morgan fingerprint density at radius 1 is 1.03 bits per heavy atom. The minimum absolute atomic E-state index is 0.0343. The van der Waals surface area contributed by atoms with Gasteiger partial charge in [0.15, 0.2) is 0 Å². The molecule has 2 aromatic heterocycles. The van der Waals surface area contributed by atoms with E-state index in [4.69, 9.17) is 11.6 Å². The van der Waals surface area contributed by atoms with Crippen LogP contribution in [-0.4, -0.2) is 17.4 Å². The molecule has 0 aliphatic rings. The first-order valence-corrected chi connectivity index (χ1v) is 11.1. The number of amides is 1. The number of H-pyrrole nitrogens is 1. The molecule has 2 N–H and O–H groups in total. The van der Waals surface area contributed by atoms with Gasteiger partial charge < -0.3 is 10.3 Å². The Morgan fingerprint density at radius 2 is 1.90 bits per heavy atom. The summed E-state index contributed by atoms with van der Waals surface area (Å²) in [6, 6.07) is 18.0. The summed E-state index contributed by atoms with van der Waals surface area (Å²) in [5.74, 6) is -0.0343. The van der Waals surface area contributed by atoms with E-state index in [1.807, 2.05) is 47.9 Å². The number of benzene rings is 2. The Labute approximate surface area is 179 Å². The fourth-order valence-electron chi connectivity index (χ4n) is 3.51. The monoisotopic (exact) mass is 422 g/mol. The molecule has 0 saturated heterocycles. The summed E-state index contributed by atoms with van der Waals surface area (Å²) < 4.78 is 0. The first kappa shape index (κ1) is 19.7. The van der Waals surface area contributed by atoms with Crippen molar-refractivity contribution in [1.29, 1.82) is 0 Å². The summed E-state index contributed by atoms with van der Waals surface area (Å²) in [7, 11) is 0. The second kappa shape index (κ2) is 9.29. The molecular weight excluding hydrogens is 400 g/mol. The van der Waals surface area contributed by atoms with Crippen molar-refractivity contribution in [3.8, 4) is 0 Å². The van der Waals surface area contributed by atoms with Gasteiger partial charge >= 0.3 is 0 Å². The molecule has 0 fully saturated rings. The zero-order valence-corrected chi connectivity index (χ0v) is 17.7. The molecule has 0 spiro atoms. The van der Waals surface area contributed by atoms with E-state index in [0.29, 0.717) is 12.1 Å². The zero-order valence-electron chi connectivity index (χ0n) is 16.1. The predicted molar refractivity (Wildman–Crippen MR) is 122 cm³/mol. The van der Waals surface area contributed by atoms with Crippen molar-refractivity contribution in [2.75, 3.05) is 6.54 Å². The van der Waals surface area contributed by atoms with Crippen LogP contribution in [0.3, 0.4) is 0 Å². The lowest BCUT2D eigenvalue weighted by Gasteiger charge is -2.06. The topological polar surface area (TPSA) is 44.9 Å². The van der Waals surface area contributed by atoms with Crippen LogP contribution in [0.2, 0.25) is 5.02 Å². The fourth-order valence-corrected chi connectivity index (χ4v) is 4.44. The van der Waals surface area contributed by atoms with Gasteiger partial charge in [-0.2, -0.15) is 0 Å². The number of carbonyl (C=O) groups is 1. The molecule has 0 unspecified atom stereocenters. The van der Waals surface area contributed by atoms with Gasteiger partial charge in [-0.05, 0) is 78.6 Å². The third-order valence-electron chi connectivity index (χ3n) is 5.09. The van der Waals surface area contributed by atoms with Crippen LogP contribution < -0.4 is 5.32 Å². The molecule has 5 heteroatoms. The predicted octanol–water partition coefficient (Wildman–Crippen LogP) is 6.03. The van der Waals surface area contributed by atoms with E-state index in [1.54, 1.807) is 0 Å². The summed E-state index contributed by atoms with van der Waals surface area (Å²) in [6.07, 6.45) is 6.01. The lowest BCUT2D eigenvalue weighted by atomic mass is 10.1. The number of aryl methyl sites for hydroxylation is 2. The average molecular weight is 423 g/mol. The Morgan fingerprint density at radius 3 is 2.69 bits per heavy atom. The SMILES string of the molecule is O=C(NCCc1c[nH]c2ccc(Cl)cc12)c1ccc(CCCc2cccs2)cc1. The molecule has 3 nitrogen and oxygen atoms in total. The highest BCUT2D eigenvalue weighted by atomic mass is 35.5. The maximum Gasteiger partial charge on any atom is 0.251 e. The number of nitrogens with one attached hydrogen (secondary N) is 2. The van der Waals surface area contributed by atoms with Crippen molar-refractivity contribution in [2.45, 2.75) is 25.7 Å². The molecule has 4 aromatic rings. The standard InChI is InChI=1S/C24H23ClN2OS/c25-20-10-11-23-22(15-20)19(16-27-23)12-13-26-24(28)18-8-6-17(7-9-18)3-1-4-21-5-2-14-29-21/h2,5-11,14-16,27H,1,3-4,12-13H2,(H,26,28). The molecule has 29 heavy (non-hydrogen) atoms. The average Bonchev–Trinajstić information content (AvgIpc) is 3.38. The van der Waals surface area contributed by atoms with Gasteiger partial charge in [0.25, 0.3) is 5.91 Å². The molecule has 2 aromatic carbocycles. The van der Waals surface area contributed by atoms with Crippen LogP contribution in [0, 0.1) is 0 Å². The van der Waals surface area contributed by atoms with Gasteiger partial charge in [-0.25, -0.2) is 0 Å². The van der Waals surface area contributed by atoms with Crippen LogP contribution in [0.1, 0.15) is 32.8 Å². The molecule has 0 radical (unpaired) electrons. The molecule has 148 valence electrons. The summed E-state index contributed by atoms with van der Waals surface area (Å²) in [4.78, 5) is 17.1. The number of rotatable bonds is 8. The van der Waals surface area contributed by atoms with Crippen LogP contribution in [0.5, 0.6) is 0 Å². The Kier molecular flexibility index (Phi) is 6.33. The normalized spacial score (nSPS) is 11.1. The van der Waals surface area contributed by atoms with Crippen LogP contribution >= 0.6 is 22.9 Å². The van der Waals surface area contributed by atoms with Gasteiger partial charge in [0, 0.05) is 39.1 Å². The van der Waals surface area contributed by atoms with Crippen LogP contribution in [0.4, 0.5) is 0 Å². The molecule has 0 saturated carbocycles. The van der Waals surface area contributed by atoms with Crippen molar-refractivity contribution in [3.63, 3.8) is 0 Å². The van der Waals surface area contributed by atoms with E-state index in [2.05, 4.69) is 39.9 Å². The highest BCUT2D eigenvalue weighted by Gasteiger charge is 2.08. The zero-order chi connectivity index (χ0) is 20.1. The number of thiophene rings is 1. The molecule has 2 heterocycles. The molecule has 4 rings (SSSR count). The smallest absolute Gasteiger partial charge is 0.251 e. The van der Waals surface area contributed by atoms with Crippen LogP contribution in [0.25, 0.3) is 10.9 Å².